The topological polar surface area (TPSA) is 58.4 Å². The fraction of sp³-hybridized carbons (Fsp3) is 0.462. The van der Waals surface area contributed by atoms with Crippen molar-refractivity contribution in [1.82, 2.24) is 5.32 Å². The van der Waals surface area contributed by atoms with Crippen LogP contribution in [0.5, 0.6) is 0 Å². The Balaban J connectivity index is 2.40. The van der Waals surface area contributed by atoms with Gasteiger partial charge in [-0.2, -0.15) is 0 Å². The molecular weight excluding hydrogens is 214 g/mol. The van der Waals surface area contributed by atoms with Crippen molar-refractivity contribution in [1.29, 1.82) is 0 Å². The van der Waals surface area contributed by atoms with Gasteiger partial charge in [0.15, 0.2) is 0 Å². The lowest BCUT2D eigenvalue weighted by Crippen LogP contribution is -2.58. The van der Waals surface area contributed by atoms with Crippen LogP contribution < -0.4 is 16.0 Å². The molecule has 0 aliphatic carbocycles. The highest BCUT2D eigenvalue weighted by Crippen LogP contribution is 2.26. The molecule has 0 saturated carbocycles. The maximum Gasteiger partial charge on any atom is 0.244 e. The van der Waals surface area contributed by atoms with Gasteiger partial charge in [0.2, 0.25) is 5.91 Å². The Labute approximate surface area is 102 Å². The van der Waals surface area contributed by atoms with E-state index in [2.05, 4.69) is 36.2 Å². The van der Waals surface area contributed by atoms with E-state index in [1.54, 1.807) is 0 Å². The molecule has 0 aromatic heterocycles. The first-order valence-electron chi connectivity index (χ1n) is 5.95. The van der Waals surface area contributed by atoms with Gasteiger partial charge in [-0.3, -0.25) is 4.79 Å². The molecule has 1 saturated heterocycles. The number of nitrogens with zero attached hydrogens (tertiary/aromatic N) is 1. The van der Waals surface area contributed by atoms with Crippen LogP contribution in [0.3, 0.4) is 0 Å². The van der Waals surface area contributed by atoms with E-state index in [4.69, 9.17) is 5.73 Å². The molecule has 1 amide bonds. The first-order valence-corrected chi connectivity index (χ1v) is 5.95. The second-order valence-electron chi connectivity index (χ2n) is 4.48. The van der Waals surface area contributed by atoms with E-state index in [-0.39, 0.29) is 11.9 Å². The van der Waals surface area contributed by atoms with Crippen LogP contribution in [-0.2, 0) is 4.79 Å². The summed E-state index contributed by atoms with van der Waals surface area (Å²) in [4.78, 5) is 13.9. The number of hydrogen-bond acceptors (Lipinski definition) is 3. The highest BCUT2D eigenvalue weighted by molar-refractivity contribution is 5.87. The molecule has 4 nitrogen and oxygen atoms in total. The molecule has 0 spiro atoms. The molecule has 1 heterocycles. The SMILES string of the molecule is Cc1cccc(C)c1N1CCNC(=O)C1CN. The molecule has 92 valence electrons. The summed E-state index contributed by atoms with van der Waals surface area (Å²) in [7, 11) is 0. The van der Waals surface area contributed by atoms with Gasteiger partial charge in [0, 0.05) is 25.3 Å². The third-order valence-electron chi connectivity index (χ3n) is 3.28. The Morgan fingerprint density at radius 2 is 2.06 bits per heavy atom. The normalized spacial score (nSPS) is 20.3. The molecule has 1 unspecified atom stereocenters. The molecule has 1 aromatic rings. The average molecular weight is 233 g/mol. The average Bonchev–Trinajstić information content (AvgIpc) is 2.29. The lowest BCUT2D eigenvalue weighted by atomic mass is 10.0. The molecule has 1 fully saturated rings. The second-order valence-corrected chi connectivity index (χ2v) is 4.48. The molecule has 0 radical (unpaired) electrons. The molecule has 2 rings (SSSR count). The monoisotopic (exact) mass is 233 g/mol. The Kier molecular flexibility index (Phi) is 3.33. The number of amides is 1. The van der Waals surface area contributed by atoms with E-state index in [1.807, 2.05) is 6.07 Å². The van der Waals surface area contributed by atoms with Crippen LogP contribution in [0.15, 0.2) is 18.2 Å². The Morgan fingerprint density at radius 1 is 1.41 bits per heavy atom. The first kappa shape index (κ1) is 11.9. The van der Waals surface area contributed by atoms with Crippen molar-refractivity contribution >= 4 is 11.6 Å². The maximum atomic E-state index is 11.8. The second kappa shape index (κ2) is 4.75. The standard InChI is InChI=1S/C13H19N3O/c1-9-4-3-5-10(2)12(9)16-7-6-15-13(17)11(16)8-14/h3-5,11H,6-8,14H2,1-2H3,(H,15,17). The van der Waals surface area contributed by atoms with E-state index in [0.29, 0.717) is 13.1 Å². The minimum atomic E-state index is -0.247. The number of aryl methyl sites for hydroxylation is 2. The van der Waals surface area contributed by atoms with Crippen LogP contribution in [0.1, 0.15) is 11.1 Å². The first-order chi connectivity index (χ1) is 8.15. The van der Waals surface area contributed by atoms with Gasteiger partial charge in [0.1, 0.15) is 6.04 Å². The summed E-state index contributed by atoms with van der Waals surface area (Å²) < 4.78 is 0. The molecule has 1 aromatic carbocycles. The van der Waals surface area contributed by atoms with Gasteiger partial charge < -0.3 is 16.0 Å². The third-order valence-corrected chi connectivity index (χ3v) is 3.28. The van der Waals surface area contributed by atoms with Gasteiger partial charge >= 0.3 is 0 Å². The van der Waals surface area contributed by atoms with Crippen molar-refractivity contribution < 1.29 is 4.79 Å². The van der Waals surface area contributed by atoms with E-state index in [9.17, 15) is 4.79 Å². The fourth-order valence-electron chi connectivity index (χ4n) is 2.48. The molecule has 3 N–H and O–H groups in total. The van der Waals surface area contributed by atoms with Crippen molar-refractivity contribution in [2.75, 3.05) is 24.5 Å². The summed E-state index contributed by atoms with van der Waals surface area (Å²) in [6.07, 6.45) is 0. The highest BCUT2D eigenvalue weighted by atomic mass is 16.2. The minimum absolute atomic E-state index is 0.0291. The lowest BCUT2D eigenvalue weighted by Gasteiger charge is -2.37. The fourth-order valence-corrected chi connectivity index (χ4v) is 2.48. The van der Waals surface area contributed by atoms with Crippen LogP contribution in [0, 0.1) is 13.8 Å². The van der Waals surface area contributed by atoms with Gasteiger partial charge in [-0.25, -0.2) is 0 Å². The van der Waals surface area contributed by atoms with Crippen molar-refractivity contribution in [3.05, 3.63) is 29.3 Å². The number of carbonyl (C=O) groups excluding carboxylic acids is 1. The van der Waals surface area contributed by atoms with Crippen LogP contribution in [0.25, 0.3) is 0 Å². The lowest BCUT2D eigenvalue weighted by molar-refractivity contribution is -0.123. The molecule has 0 bridgehead atoms. The molecule has 1 aliphatic heterocycles. The number of benzene rings is 1. The molecule has 4 heteroatoms. The number of anilines is 1. The molecular formula is C13H19N3O. The zero-order valence-corrected chi connectivity index (χ0v) is 10.4. The summed E-state index contributed by atoms with van der Waals surface area (Å²) in [5.74, 6) is 0.0291. The van der Waals surface area contributed by atoms with E-state index in [0.717, 1.165) is 12.2 Å². The number of nitrogens with one attached hydrogen (secondary N) is 1. The smallest absolute Gasteiger partial charge is 0.244 e. The zero-order valence-electron chi connectivity index (χ0n) is 10.4. The quantitative estimate of drug-likeness (QED) is 0.785. The zero-order chi connectivity index (χ0) is 12.4. The number of nitrogens with two attached hydrogens (primary N) is 1. The number of carbonyl (C=O) groups is 1. The van der Waals surface area contributed by atoms with Crippen molar-refractivity contribution in [2.45, 2.75) is 19.9 Å². The van der Waals surface area contributed by atoms with Crippen LogP contribution >= 0.6 is 0 Å². The van der Waals surface area contributed by atoms with E-state index in [1.165, 1.54) is 11.1 Å². The summed E-state index contributed by atoms with van der Waals surface area (Å²) in [6.45, 7) is 5.99. The number of para-hydroxylation sites is 1. The maximum absolute atomic E-state index is 11.8. The molecule has 1 atom stereocenters. The summed E-state index contributed by atoms with van der Waals surface area (Å²) >= 11 is 0. The molecule has 1 aliphatic rings. The van der Waals surface area contributed by atoms with Gasteiger partial charge in [-0.1, -0.05) is 18.2 Å². The molecule has 17 heavy (non-hydrogen) atoms. The number of hydrogen-bond donors (Lipinski definition) is 2. The summed E-state index contributed by atoms with van der Waals surface area (Å²) in [5, 5.41) is 2.86. The minimum Gasteiger partial charge on any atom is -0.356 e. The Morgan fingerprint density at radius 3 is 2.65 bits per heavy atom. The Hall–Kier alpha value is -1.55. The predicted molar refractivity (Wildman–Crippen MR) is 69.1 cm³/mol. The third kappa shape index (κ3) is 2.13. The van der Waals surface area contributed by atoms with Crippen LogP contribution in [-0.4, -0.2) is 31.6 Å². The van der Waals surface area contributed by atoms with Crippen molar-refractivity contribution in [3.63, 3.8) is 0 Å². The van der Waals surface area contributed by atoms with Crippen molar-refractivity contribution in [3.8, 4) is 0 Å². The summed E-state index contributed by atoms with van der Waals surface area (Å²) in [6, 6.07) is 5.93. The van der Waals surface area contributed by atoms with E-state index >= 15 is 0 Å². The highest BCUT2D eigenvalue weighted by Gasteiger charge is 2.29. The Bertz CT molecular complexity index is 410. The summed E-state index contributed by atoms with van der Waals surface area (Å²) in [5.41, 5.74) is 9.26. The van der Waals surface area contributed by atoms with Gasteiger partial charge in [-0.05, 0) is 25.0 Å². The van der Waals surface area contributed by atoms with Crippen LogP contribution in [0.4, 0.5) is 5.69 Å². The van der Waals surface area contributed by atoms with E-state index < -0.39 is 0 Å². The van der Waals surface area contributed by atoms with Gasteiger partial charge in [-0.15, -0.1) is 0 Å². The number of rotatable bonds is 2. The predicted octanol–water partition coefficient (Wildman–Crippen LogP) is 0.567. The largest absolute Gasteiger partial charge is 0.356 e. The van der Waals surface area contributed by atoms with Crippen LogP contribution in [0.2, 0.25) is 0 Å². The number of piperazine rings is 1. The van der Waals surface area contributed by atoms with Gasteiger partial charge in [0.05, 0.1) is 0 Å². The van der Waals surface area contributed by atoms with Gasteiger partial charge in [0.25, 0.3) is 0 Å². The van der Waals surface area contributed by atoms with Crippen molar-refractivity contribution in [2.24, 2.45) is 5.73 Å².